The largest absolute Gasteiger partial charge is 0.466 e. The third-order valence-electron chi connectivity index (χ3n) is 4.47. The minimum Gasteiger partial charge on any atom is -0.466 e. The van der Waals surface area contributed by atoms with E-state index in [9.17, 15) is 10.1 Å². The van der Waals surface area contributed by atoms with Crippen LogP contribution in [0.3, 0.4) is 0 Å². The molecule has 0 saturated heterocycles. The molecule has 25 heavy (non-hydrogen) atoms. The second-order valence-corrected chi connectivity index (χ2v) is 6.11. The van der Waals surface area contributed by atoms with Crippen LogP contribution in [0.15, 0.2) is 60.7 Å². The fourth-order valence-corrected chi connectivity index (χ4v) is 3.28. The van der Waals surface area contributed by atoms with E-state index in [-0.39, 0.29) is 18.3 Å². The van der Waals surface area contributed by atoms with E-state index in [4.69, 9.17) is 4.74 Å². The molecule has 0 saturated carbocycles. The van der Waals surface area contributed by atoms with Gasteiger partial charge in [-0.3, -0.25) is 9.69 Å². The standard InChI is InChI=1S/C21H24N2O2/c1-4-25-20(24)15-19(17-11-7-5-8-12-17)21(16-22,23(2)3)18-13-9-6-10-14-18/h5-14,19H,4,15H2,1-3H3. The third kappa shape index (κ3) is 3.89. The Kier molecular flexibility index (Phi) is 6.32. The number of carbonyl (C=O) groups is 1. The number of rotatable bonds is 7. The van der Waals surface area contributed by atoms with Crippen molar-refractivity contribution in [3.63, 3.8) is 0 Å². The summed E-state index contributed by atoms with van der Waals surface area (Å²) in [4.78, 5) is 14.2. The summed E-state index contributed by atoms with van der Waals surface area (Å²) >= 11 is 0. The molecular weight excluding hydrogens is 312 g/mol. The second kappa shape index (κ2) is 8.46. The minimum absolute atomic E-state index is 0.137. The molecule has 0 spiro atoms. The lowest BCUT2D eigenvalue weighted by atomic mass is 9.73. The number of hydrogen-bond donors (Lipinski definition) is 0. The van der Waals surface area contributed by atoms with E-state index >= 15 is 0 Å². The molecule has 2 atom stereocenters. The highest BCUT2D eigenvalue weighted by Crippen LogP contribution is 2.42. The van der Waals surface area contributed by atoms with Gasteiger partial charge in [0.2, 0.25) is 0 Å². The molecule has 2 aromatic rings. The van der Waals surface area contributed by atoms with Crippen molar-refractivity contribution < 1.29 is 9.53 Å². The van der Waals surface area contributed by atoms with Gasteiger partial charge in [0.1, 0.15) is 5.54 Å². The lowest BCUT2D eigenvalue weighted by Crippen LogP contribution is -2.46. The van der Waals surface area contributed by atoms with Crippen LogP contribution in [0.5, 0.6) is 0 Å². The summed E-state index contributed by atoms with van der Waals surface area (Å²) in [5, 5.41) is 10.2. The van der Waals surface area contributed by atoms with E-state index in [1.165, 1.54) is 0 Å². The molecule has 0 heterocycles. The van der Waals surface area contributed by atoms with E-state index in [2.05, 4.69) is 6.07 Å². The fourth-order valence-electron chi connectivity index (χ4n) is 3.28. The van der Waals surface area contributed by atoms with Crippen molar-refractivity contribution in [2.24, 2.45) is 0 Å². The van der Waals surface area contributed by atoms with E-state index in [1.807, 2.05) is 79.7 Å². The van der Waals surface area contributed by atoms with Gasteiger partial charge in [0, 0.05) is 5.92 Å². The van der Waals surface area contributed by atoms with Crippen LogP contribution in [0.1, 0.15) is 30.4 Å². The Bertz CT molecular complexity index is 723. The van der Waals surface area contributed by atoms with Gasteiger partial charge < -0.3 is 4.74 Å². The maximum absolute atomic E-state index is 12.3. The smallest absolute Gasteiger partial charge is 0.306 e. The number of carbonyl (C=O) groups excluding carboxylic acids is 1. The number of benzene rings is 2. The Morgan fingerprint density at radius 2 is 1.68 bits per heavy atom. The molecule has 2 aromatic carbocycles. The van der Waals surface area contributed by atoms with Crippen molar-refractivity contribution in [2.75, 3.05) is 20.7 Å². The van der Waals surface area contributed by atoms with Gasteiger partial charge in [0.15, 0.2) is 0 Å². The normalized spacial score (nSPS) is 14.4. The first-order chi connectivity index (χ1) is 12.1. The van der Waals surface area contributed by atoms with Gasteiger partial charge in [0.05, 0.1) is 19.1 Å². The van der Waals surface area contributed by atoms with E-state index in [0.29, 0.717) is 6.61 Å². The number of hydrogen-bond acceptors (Lipinski definition) is 4. The SMILES string of the molecule is CCOC(=O)CC(c1ccccc1)C(C#N)(c1ccccc1)N(C)C. The van der Waals surface area contributed by atoms with E-state index < -0.39 is 5.54 Å². The molecule has 0 aliphatic carbocycles. The average molecular weight is 336 g/mol. The van der Waals surface area contributed by atoms with Crippen molar-refractivity contribution >= 4 is 5.97 Å². The number of likely N-dealkylation sites (N-methyl/N-ethyl adjacent to an activating group) is 1. The lowest BCUT2D eigenvalue weighted by molar-refractivity contribution is -0.144. The summed E-state index contributed by atoms with van der Waals surface area (Å²) in [6.45, 7) is 2.11. The first-order valence-corrected chi connectivity index (χ1v) is 8.41. The molecule has 2 rings (SSSR count). The maximum atomic E-state index is 12.3. The van der Waals surface area contributed by atoms with Gasteiger partial charge in [0.25, 0.3) is 0 Å². The van der Waals surface area contributed by atoms with Crippen LogP contribution in [0.2, 0.25) is 0 Å². The van der Waals surface area contributed by atoms with Crippen molar-refractivity contribution in [3.05, 3.63) is 71.8 Å². The third-order valence-corrected chi connectivity index (χ3v) is 4.47. The first kappa shape index (κ1) is 18.7. The molecule has 0 aliphatic heterocycles. The van der Waals surface area contributed by atoms with Gasteiger partial charge in [-0.1, -0.05) is 60.7 Å². The summed E-state index contributed by atoms with van der Waals surface area (Å²) in [7, 11) is 3.74. The van der Waals surface area contributed by atoms with Crippen LogP contribution < -0.4 is 0 Å². The van der Waals surface area contributed by atoms with Gasteiger partial charge in [-0.15, -0.1) is 0 Å². The molecule has 2 unspecified atom stereocenters. The van der Waals surface area contributed by atoms with Crippen LogP contribution >= 0.6 is 0 Å². The fraction of sp³-hybridized carbons (Fsp3) is 0.333. The zero-order chi connectivity index (χ0) is 18.3. The number of ether oxygens (including phenoxy) is 1. The zero-order valence-electron chi connectivity index (χ0n) is 15.0. The van der Waals surface area contributed by atoms with Crippen LogP contribution in [-0.4, -0.2) is 31.6 Å². The lowest BCUT2D eigenvalue weighted by Gasteiger charge is -2.40. The van der Waals surface area contributed by atoms with E-state index in [0.717, 1.165) is 11.1 Å². The highest BCUT2D eigenvalue weighted by atomic mass is 16.5. The zero-order valence-corrected chi connectivity index (χ0v) is 15.0. The average Bonchev–Trinajstić information content (AvgIpc) is 2.63. The molecule has 4 heteroatoms. The number of nitrogens with zero attached hydrogens (tertiary/aromatic N) is 2. The second-order valence-electron chi connectivity index (χ2n) is 6.11. The van der Waals surface area contributed by atoms with E-state index in [1.54, 1.807) is 6.92 Å². The van der Waals surface area contributed by atoms with Crippen LogP contribution in [0, 0.1) is 11.3 Å². The molecule has 130 valence electrons. The van der Waals surface area contributed by atoms with Gasteiger partial charge >= 0.3 is 5.97 Å². The minimum atomic E-state index is -0.977. The molecule has 0 amide bonds. The summed E-state index contributed by atoms with van der Waals surface area (Å²) in [5.41, 5.74) is 0.824. The monoisotopic (exact) mass is 336 g/mol. The quantitative estimate of drug-likeness (QED) is 0.723. The van der Waals surface area contributed by atoms with Crippen LogP contribution in [0.4, 0.5) is 0 Å². The highest BCUT2D eigenvalue weighted by Gasteiger charge is 2.45. The number of nitriles is 1. The Morgan fingerprint density at radius 3 is 2.16 bits per heavy atom. The first-order valence-electron chi connectivity index (χ1n) is 8.41. The molecule has 0 N–H and O–H groups in total. The van der Waals surface area contributed by atoms with Crippen LogP contribution in [-0.2, 0) is 15.1 Å². The summed E-state index contributed by atoms with van der Waals surface area (Å²) in [6, 6.07) is 21.8. The molecule has 0 aliphatic rings. The van der Waals surface area contributed by atoms with Crippen molar-refractivity contribution in [3.8, 4) is 6.07 Å². The summed E-state index contributed by atoms with van der Waals surface area (Å²) in [5.74, 6) is -0.649. The Labute approximate surface area is 149 Å². The Balaban J connectivity index is 2.61. The van der Waals surface area contributed by atoms with Gasteiger partial charge in [-0.25, -0.2) is 0 Å². The highest BCUT2D eigenvalue weighted by molar-refractivity contribution is 5.71. The summed E-state index contributed by atoms with van der Waals surface area (Å²) in [6.07, 6.45) is 0.137. The van der Waals surface area contributed by atoms with Crippen molar-refractivity contribution in [2.45, 2.75) is 24.8 Å². The molecule has 0 radical (unpaired) electrons. The van der Waals surface area contributed by atoms with Gasteiger partial charge in [-0.05, 0) is 32.1 Å². The molecule has 0 aromatic heterocycles. The Hall–Kier alpha value is -2.64. The van der Waals surface area contributed by atoms with Crippen molar-refractivity contribution in [1.82, 2.24) is 4.90 Å². The van der Waals surface area contributed by atoms with Crippen LogP contribution in [0.25, 0.3) is 0 Å². The summed E-state index contributed by atoms with van der Waals surface area (Å²) < 4.78 is 5.18. The Morgan fingerprint density at radius 1 is 1.12 bits per heavy atom. The molecule has 0 fully saturated rings. The van der Waals surface area contributed by atoms with Gasteiger partial charge in [-0.2, -0.15) is 5.26 Å². The van der Waals surface area contributed by atoms with Crippen molar-refractivity contribution in [1.29, 1.82) is 5.26 Å². The molecular formula is C21H24N2O2. The predicted molar refractivity (Wildman–Crippen MR) is 97.9 cm³/mol. The molecule has 4 nitrogen and oxygen atoms in total. The maximum Gasteiger partial charge on any atom is 0.306 e. The number of esters is 1. The predicted octanol–water partition coefficient (Wildman–Crippen LogP) is 3.70. The topological polar surface area (TPSA) is 53.3 Å². The molecule has 0 bridgehead atoms.